The fourth-order valence-corrected chi connectivity index (χ4v) is 2.90. The van der Waals surface area contributed by atoms with Crippen molar-refractivity contribution in [3.8, 4) is 0 Å². The molecule has 1 aliphatic heterocycles. The fourth-order valence-electron chi connectivity index (χ4n) is 2.90. The van der Waals surface area contributed by atoms with Gasteiger partial charge >= 0.3 is 5.97 Å². The van der Waals surface area contributed by atoms with E-state index < -0.39 is 5.97 Å². The number of carboxylic acid groups (broad SMARTS) is 1. The second kappa shape index (κ2) is 5.20. The van der Waals surface area contributed by atoms with Crippen molar-refractivity contribution in [1.29, 1.82) is 0 Å². The summed E-state index contributed by atoms with van der Waals surface area (Å²) in [4.78, 5) is 17.9. The minimum Gasteiger partial charge on any atom is -0.478 e. The van der Waals surface area contributed by atoms with Gasteiger partial charge in [-0.2, -0.15) is 5.10 Å². The standard InChI is InChI=1S/C14H18N4O2/c1-2-17-6-3-4-11(17)9-12-15-13-8-10(14(19)20)5-7-18(13)16-12/h5,7-8,11H,2-4,6,9H2,1H3,(H,19,20). The first-order chi connectivity index (χ1) is 9.67. The third-order valence-corrected chi connectivity index (χ3v) is 3.95. The average Bonchev–Trinajstić information content (AvgIpc) is 3.03. The highest BCUT2D eigenvalue weighted by molar-refractivity contribution is 5.88. The quantitative estimate of drug-likeness (QED) is 0.913. The lowest BCUT2D eigenvalue weighted by molar-refractivity contribution is 0.0697. The minimum absolute atomic E-state index is 0.243. The number of hydrogen-bond acceptors (Lipinski definition) is 4. The summed E-state index contributed by atoms with van der Waals surface area (Å²) in [7, 11) is 0. The Labute approximate surface area is 117 Å². The number of pyridine rings is 1. The van der Waals surface area contributed by atoms with E-state index in [1.807, 2.05) is 0 Å². The molecule has 0 spiro atoms. The molecule has 3 heterocycles. The van der Waals surface area contributed by atoms with Crippen LogP contribution in [0.2, 0.25) is 0 Å². The zero-order chi connectivity index (χ0) is 14.1. The number of fused-ring (bicyclic) bond motifs is 1. The smallest absolute Gasteiger partial charge is 0.335 e. The summed E-state index contributed by atoms with van der Waals surface area (Å²) in [5.74, 6) is -0.150. The Kier molecular flexibility index (Phi) is 3.40. The normalized spacial score (nSPS) is 19.8. The molecule has 2 aromatic heterocycles. The van der Waals surface area contributed by atoms with Crippen molar-refractivity contribution in [2.24, 2.45) is 0 Å². The van der Waals surface area contributed by atoms with E-state index in [1.165, 1.54) is 12.8 Å². The van der Waals surface area contributed by atoms with Crippen LogP contribution in [0.4, 0.5) is 0 Å². The van der Waals surface area contributed by atoms with Gasteiger partial charge in [-0.15, -0.1) is 0 Å². The van der Waals surface area contributed by atoms with E-state index in [9.17, 15) is 4.79 Å². The highest BCUT2D eigenvalue weighted by Gasteiger charge is 2.24. The molecular formula is C14H18N4O2. The van der Waals surface area contributed by atoms with Gasteiger partial charge in [-0.25, -0.2) is 14.3 Å². The van der Waals surface area contributed by atoms with Crippen LogP contribution in [0.25, 0.3) is 5.65 Å². The highest BCUT2D eigenvalue weighted by Crippen LogP contribution is 2.19. The van der Waals surface area contributed by atoms with Crippen LogP contribution in [0.15, 0.2) is 18.3 Å². The number of likely N-dealkylation sites (N-methyl/N-ethyl adjacent to an activating group) is 1. The first kappa shape index (κ1) is 13.1. The third kappa shape index (κ3) is 2.38. The molecule has 6 nitrogen and oxygen atoms in total. The molecule has 2 aromatic rings. The lowest BCUT2D eigenvalue weighted by atomic mass is 10.1. The van der Waals surface area contributed by atoms with Gasteiger partial charge in [-0.3, -0.25) is 0 Å². The van der Waals surface area contributed by atoms with Gasteiger partial charge in [0.2, 0.25) is 0 Å². The number of carbonyl (C=O) groups is 1. The van der Waals surface area contributed by atoms with Crippen molar-refractivity contribution >= 4 is 11.6 Å². The molecule has 6 heteroatoms. The summed E-state index contributed by atoms with van der Waals surface area (Å²) in [6, 6.07) is 3.61. The molecule has 0 aromatic carbocycles. The monoisotopic (exact) mass is 274 g/mol. The van der Waals surface area contributed by atoms with Crippen LogP contribution in [-0.4, -0.2) is 49.7 Å². The Bertz CT molecular complexity index is 637. The van der Waals surface area contributed by atoms with Crippen LogP contribution in [-0.2, 0) is 6.42 Å². The van der Waals surface area contributed by atoms with Crippen molar-refractivity contribution in [1.82, 2.24) is 19.5 Å². The van der Waals surface area contributed by atoms with Crippen molar-refractivity contribution in [3.05, 3.63) is 29.7 Å². The molecule has 0 amide bonds. The van der Waals surface area contributed by atoms with Gasteiger partial charge in [0, 0.05) is 18.7 Å². The first-order valence-electron chi connectivity index (χ1n) is 7.00. The summed E-state index contributed by atoms with van der Waals surface area (Å²) in [5, 5.41) is 13.4. The number of nitrogens with zero attached hydrogens (tertiary/aromatic N) is 4. The van der Waals surface area contributed by atoms with Crippen molar-refractivity contribution in [2.75, 3.05) is 13.1 Å². The topological polar surface area (TPSA) is 70.7 Å². The fraction of sp³-hybridized carbons (Fsp3) is 0.500. The van der Waals surface area contributed by atoms with Crippen LogP contribution in [0.3, 0.4) is 0 Å². The second-order valence-electron chi connectivity index (χ2n) is 5.18. The molecule has 3 rings (SSSR count). The van der Waals surface area contributed by atoms with Crippen LogP contribution >= 0.6 is 0 Å². The summed E-state index contributed by atoms with van der Waals surface area (Å²) >= 11 is 0. The van der Waals surface area contributed by atoms with Crippen LogP contribution in [0.5, 0.6) is 0 Å². The molecule has 0 bridgehead atoms. The maximum atomic E-state index is 10.9. The molecule has 1 N–H and O–H groups in total. The van der Waals surface area contributed by atoms with E-state index in [4.69, 9.17) is 5.11 Å². The molecule has 1 aliphatic rings. The van der Waals surface area contributed by atoms with Gasteiger partial charge in [0.05, 0.1) is 5.56 Å². The maximum Gasteiger partial charge on any atom is 0.335 e. The molecule has 0 aliphatic carbocycles. The van der Waals surface area contributed by atoms with E-state index in [-0.39, 0.29) is 5.56 Å². The van der Waals surface area contributed by atoms with E-state index >= 15 is 0 Å². The van der Waals surface area contributed by atoms with Crippen LogP contribution in [0.1, 0.15) is 35.9 Å². The molecule has 1 atom stereocenters. The van der Waals surface area contributed by atoms with Gasteiger partial charge in [0.25, 0.3) is 0 Å². The molecule has 1 unspecified atom stereocenters. The molecule has 1 fully saturated rings. The molecular weight excluding hydrogens is 256 g/mol. The first-order valence-corrected chi connectivity index (χ1v) is 7.00. The van der Waals surface area contributed by atoms with E-state index in [0.29, 0.717) is 11.7 Å². The Balaban J connectivity index is 1.84. The van der Waals surface area contributed by atoms with Crippen molar-refractivity contribution in [3.63, 3.8) is 0 Å². The largest absolute Gasteiger partial charge is 0.478 e. The Morgan fingerprint density at radius 1 is 1.55 bits per heavy atom. The predicted octanol–water partition coefficient (Wildman–Crippen LogP) is 1.45. The van der Waals surface area contributed by atoms with Gasteiger partial charge < -0.3 is 10.0 Å². The predicted molar refractivity (Wildman–Crippen MR) is 73.9 cm³/mol. The van der Waals surface area contributed by atoms with Crippen LogP contribution < -0.4 is 0 Å². The summed E-state index contributed by atoms with van der Waals surface area (Å²) in [6.45, 7) is 4.38. The Morgan fingerprint density at radius 3 is 3.15 bits per heavy atom. The second-order valence-corrected chi connectivity index (χ2v) is 5.18. The minimum atomic E-state index is -0.940. The van der Waals surface area contributed by atoms with E-state index in [2.05, 4.69) is 21.9 Å². The summed E-state index contributed by atoms with van der Waals surface area (Å²) in [6.07, 6.45) is 4.90. The SMILES string of the molecule is CCN1CCCC1Cc1nc2cc(C(=O)O)ccn2n1. The van der Waals surface area contributed by atoms with Crippen molar-refractivity contribution in [2.45, 2.75) is 32.2 Å². The molecule has 106 valence electrons. The summed E-state index contributed by atoms with van der Waals surface area (Å²) in [5.41, 5.74) is 0.841. The number of likely N-dealkylation sites (tertiary alicyclic amines) is 1. The average molecular weight is 274 g/mol. The van der Waals surface area contributed by atoms with E-state index in [0.717, 1.165) is 25.3 Å². The molecule has 0 radical (unpaired) electrons. The Morgan fingerprint density at radius 2 is 2.40 bits per heavy atom. The lowest BCUT2D eigenvalue weighted by Crippen LogP contribution is -2.31. The van der Waals surface area contributed by atoms with Gasteiger partial charge in [-0.05, 0) is 38.1 Å². The third-order valence-electron chi connectivity index (χ3n) is 3.95. The number of aromatic nitrogens is 3. The molecule has 0 saturated carbocycles. The number of rotatable bonds is 4. The number of carboxylic acids is 1. The number of aromatic carboxylic acids is 1. The van der Waals surface area contributed by atoms with Crippen LogP contribution in [0, 0.1) is 0 Å². The van der Waals surface area contributed by atoms with E-state index in [1.54, 1.807) is 22.8 Å². The zero-order valence-electron chi connectivity index (χ0n) is 11.5. The highest BCUT2D eigenvalue weighted by atomic mass is 16.4. The van der Waals surface area contributed by atoms with Crippen molar-refractivity contribution < 1.29 is 9.90 Å². The van der Waals surface area contributed by atoms with Gasteiger partial charge in [0.1, 0.15) is 0 Å². The Hall–Kier alpha value is -1.95. The van der Waals surface area contributed by atoms with Gasteiger partial charge in [-0.1, -0.05) is 6.92 Å². The molecule has 1 saturated heterocycles. The summed E-state index contributed by atoms with van der Waals surface area (Å²) < 4.78 is 1.65. The maximum absolute atomic E-state index is 10.9. The zero-order valence-corrected chi connectivity index (χ0v) is 11.5. The van der Waals surface area contributed by atoms with Gasteiger partial charge in [0.15, 0.2) is 11.5 Å². The molecule has 20 heavy (non-hydrogen) atoms. The lowest BCUT2D eigenvalue weighted by Gasteiger charge is -2.21. The number of hydrogen-bond donors (Lipinski definition) is 1.